The average molecular weight is 468 g/mol. The second kappa shape index (κ2) is 9.65. The van der Waals surface area contributed by atoms with Crippen LogP contribution in [0.1, 0.15) is 47.2 Å². The molecular formula is C28H26ClN5. The van der Waals surface area contributed by atoms with E-state index < -0.39 is 0 Å². The fraction of sp³-hybridized carbons (Fsp3) is 0.179. The van der Waals surface area contributed by atoms with Crippen LogP contribution < -0.4 is 10.6 Å². The van der Waals surface area contributed by atoms with Crippen LogP contribution in [0.15, 0.2) is 79.4 Å². The molecule has 0 spiro atoms. The summed E-state index contributed by atoms with van der Waals surface area (Å²) in [4.78, 5) is 14.3. The van der Waals surface area contributed by atoms with Crippen molar-refractivity contribution >= 4 is 40.9 Å². The zero-order valence-electron chi connectivity index (χ0n) is 19.0. The molecule has 5 rings (SSSR count). The van der Waals surface area contributed by atoms with E-state index in [1.807, 2.05) is 60.7 Å². The highest BCUT2D eigenvalue weighted by Crippen LogP contribution is 2.48. The number of anilines is 4. The van der Waals surface area contributed by atoms with Crippen molar-refractivity contribution in [2.75, 3.05) is 10.6 Å². The van der Waals surface area contributed by atoms with Crippen molar-refractivity contribution in [1.29, 1.82) is 0 Å². The number of hydrogen-bond donors (Lipinski definition) is 2. The monoisotopic (exact) mass is 467 g/mol. The van der Waals surface area contributed by atoms with E-state index in [9.17, 15) is 0 Å². The highest BCUT2D eigenvalue weighted by Gasteiger charge is 2.36. The normalized spacial score (nSPS) is 17.0. The van der Waals surface area contributed by atoms with E-state index in [1.165, 1.54) is 11.1 Å². The first-order valence-electron chi connectivity index (χ1n) is 11.4. The smallest absolute Gasteiger partial charge is 0.232 e. The van der Waals surface area contributed by atoms with Crippen molar-refractivity contribution in [3.05, 3.63) is 107 Å². The number of rotatable bonds is 7. The van der Waals surface area contributed by atoms with Crippen molar-refractivity contribution in [3.8, 4) is 0 Å². The summed E-state index contributed by atoms with van der Waals surface area (Å²) in [7, 11) is 0. The summed E-state index contributed by atoms with van der Waals surface area (Å²) >= 11 is 6.26. The lowest BCUT2D eigenvalue weighted by Gasteiger charge is -2.36. The Morgan fingerprint density at radius 3 is 2.15 bits per heavy atom. The molecule has 0 aliphatic heterocycles. The molecule has 2 N–H and O–H groups in total. The molecule has 3 aromatic carbocycles. The molecule has 0 saturated heterocycles. The van der Waals surface area contributed by atoms with E-state index in [4.69, 9.17) is 21.6 Å². The standard InChI is InChI=1S/C28H26ClN5/c1-3-19-8-5-12-23(16-19)31-28-33-26(25-14-13-24(25)20-9-6-10-21(29)17-20)32-27(34-28)30-22-11-4-7-18(2)15-22/h3-12,15-17,24-25H,1,13-14H2,2H3,(H2,30,31,32,33,34)/t24?,25-/m0/s1. The van der Waals surface area contributed by atoms with Crippen LogP contribution in [-0.2, 0) is 0 Å². The van der Waals surface area contributed by atoms with Gasteiger partial charge in [0, 0.05) is 22.3 Å². The van der Waals surface area contributed by atoms with Gasteiger partial charge in [-0.2, -0.15) is 15.0 Å². The minimum Gasteiger partial charge on any atom is -0.324 e. The Morgan fingerprint density at radius 2 is 1.50 bits per heavy atom. The molecule has 4 aromatic rings. The number of hydrogen-bond acceptors (Lipinski definition) is 5. The van der Waals surface area contributed by atoms with Gasteiger partial charge >= 0.3 is 0 Å². The molecule has 1 fully saturated rings. The first kappa shape index (κ1) is 22.1. The first-order chi connectivity index (χ1) is 16.6. The lowest BCUT2D eigenvalue weighted by molar-refractivity contribution is 0.332. The van der Waals surface area contributed by atoms with Gasteiger partial charge in [0.2, 0.25) is 11.9 Å². The van der Waals surface area contributed by atoms with Gasteiger partial charge in [0.25, 0.3) is 0 Å². The Bertz CT molecular complexity index is 1340. The van der Waals surface area contributed by atoms with E-state index in [0.29, 0.717) is 17.8 Å². The van der Waals surface area contributed by atoms with Gasteiger partial charge in [-0.05, 0) is 78.8 Å². The van der Waals surface area contributed by atoms with Gasteiger partial charge in [0.05, 0.1) is 0 Å². The van der Waals surface area contributed by atoms with Crippen LogP contribution >= 0.6 is 11.6 Å². The molecule has 1 aromatic heterocycles. The zero-order chi connectivity index (χ0) is 23.5. The van der Waals surface area contributed by atoms with Gasteiger partial charge in [0.15, 0.2) is 0 Å². The van der Waals surface area contributed by atoms with Gasteiger partial charge in [0.1, 0.15) is 5.82 Å². The Kier molecular flexibility index (Phi) is 6.28. The number of benzene rings is 3. The summed E-state index contributed by atoms with van der Waals surface area (Å²) < 4.78 is 0. The SMILES string of the molecule is C=Cc1cccc(Nc2nc(Nc3cccc(C)c3)nc([C@H]3CCC3c3cccc(Cl)c3)n2)c1. The second-order valence-electron chi connectivity index (χ2n) is 8.64. The second-order valence-corrected chi connectivity index (χ2v) is 9.07. The fourth-order valence-electron chi connectivity index (χ4n) is 4.34. The van der Waals surface area contributed by atoms with Crippen LogP contribution in [0.4, 0.5) is 23.3 Å². The van der Waals surface area contributed by atoms with Gasteiger partial charge in [-0.3, -0.25) is 0 Å². The molecule has 1 saturated carbocycles. The van der Waals surface area contributed by atoms with E-state index in [2.05, 4.69) is 47.3 Å². The van der Waals surface area contributed by atoms with Crippen molar-refractivity contribution < 1.29 is 0 Å². The molecular weight excluding hydrogens is 442 g/mol. The summed E-state index contributed by atoms with van der Waals surface area (Å²) in [6.45, 7) is 5.92. The summed E-state index contributed by atoms with van der Waals surface area (Å²) in [5.41, 5.74) is 5.26. The third-order valence-electron chi connectivity index (χ3n) is 6.19. The molecule has 34 heavy (non-hydrogen) atoms. The number of nitrogens with one attached hydrogen (secondary N) is 2. The van der Waals surface area contributed by atoms with Crippen LogP contribution in [0.5, 0.6) is 0 Å². The lowest BCUT2D eigenvalue weighted by Crippen LogP contribution is -2.25. The van der Waals surface area contributed by atoms with Crippen molar-refractivity contribution in [1.82, 2.24) is 15.0 Å². The molecule has 170 valence electrons. The van der Waals surface area contributed by atoms with E-state index in [0.717, 1.165) is 40.6 Å². The third kappa shape index (κ3) is 4.95. The number of aryl methyl sites for hydroxylation is 1. The maximum Gasteiger partial charge on any atom is 0.232 e. The van der Waals surface area contributed by atoms with Crippen LogP contribution in [-0.4, -0.2) is 15.0 Å². The molecule has 1 aliphatic rings. The Hall–Kier alpha value is -3.70. The molecule has 5 nitrogen and oxygen atoms in total. The molecule has 6 heteroatoms. The van der Waals surface area contributed by atoms with Gasteiger partial charge in [-0.1, -0.05) is 60.7 Å². The van der Waals surface area contributed by atoms with E-state index >= 15 is 0 Å². The van der Waals surface area contributed by atoms with Crippen LogP contribution in [0.3, 0.4) is 0 Å². The summed E-state index contributed by atoms with van der Waals surface area (Å²) in [6, 6.07) is 24.2. The summed E-state index contributed by atoms with van der Waals surface area (Å²) in [5.74, 6) is 2.36. The van der Waals surface area contributed by atoms with E-state index in [-0.39, 0.29) is 5.92 Å². The maximum absolute atomic E-state index is 6.26. The Morgan fingerprint density at radius 1 is 0.824 bits per heavy atom. The minimum absolute atomic E-state index is 0.208. The highest BCUT2D eigenvalue weighted by molar-refractivity contribution is 6.30. The Balaban J connectivity index is 1.49. The zero-order valence-corrected chi connectivity index (χ0v) is 19.8. The summed E-state index contributed by atoms with van der Waals surface area (Å²) in [5, 5.41) is 7.47. The van der Waals surface area contributed by atoms with Crippen molar-refractivity contribution in [3.63, 3.8) is 0 Å². The van der Waals surface area contributed by atoms with E-state index in [1.54, 1.807) is 0 Å². The van der Waals surface area contributed by atoms with Gasteiger partial charge in [-0.25, -0.2) is 0 Å². The molecule has 1 aliphatic carbocycles. The average Bonchev–Trinajstić information content (AvgIpc) is 2.78. The van der Waals surface area contributed by atoms with Crippen LogP contribution in [0.2, 0.25) is 5.02 Å². The minimum atomic E-state index is 0.208. The quantitative estimate of drug-likeness (QED) is 0.292. The molecule has 2 atom stereocenters. The predicted octanol–water partition coefficient (Wildman–Crippen LogP) is 7.62. The molecule has 0 bridgehead atoms. The Labute approximate surface area is 205 Å². The third-order valence-corrected chi connectivity index (χ3v) is 6.42. The van der Waals surface area contributed by atoms with Crippen LogP contribution in [0, 0.1) is 6.92 Å². The number of nitrogens with zero attached hydrogens (tertiary/aromatic N) is 3. The van der Waals surface area contributed by atoms with Crippen molar-refractivity contribution in [2.45, 2.75) is 31.6 Å². The fourth-order valence-corrected chi connectivity index (χ4v) is 4.54. The topological polar surface area (TPSA) is 62.7 Å². The molecule has 0 amide bonds. The highest BCUT2D eigenvalue weighted by atomic mass is 35.5. The van der Waals surface area contributed by atoms with Gasteiger partial charge in [-0.15, -0.1) is 0 Å². The lowest BCUT2D eigenvalue weighted by atomic mass is 9.69. The van der Waals surface area contributed by atoms with Gasteiger partial charge < -0.3 is 10.6 Å². The first-order valence-corrected chi connectivity index (χ1v) is 11.8. The molecule has 0 radical (unpaired) electrons. The number of aromatic nitrogens is 3. The largest absolute Gasteiger partial charge is 0.324 e. The maximum atomic E-state index is 6.26. The molecule has 1 heterocycles. The molecule has 1 unspecified atom stereocenters. The number of halogens is 1. The predicted molar refractivity (Wildman–Crippen MR) is 140 cm³/mol. The summed E-state index contributed by atoms with van der Waals surface area (Å²) in [6.07, 6.45) is 3.93. The van der Waals surface area contributed by atoms with Crippen molar-refractivity contribution in [2.24, 2.45) is 0 Å². The van der Waals surface area contributed by atoms with Crippen LogP contribution in [0.25, 0.3) is 6.08 Å².